The van der Waals surface area contributed by atoms with Gasteiger partial charge in [-0.3, -0.25) is 14.4 Å². The summed E-state index contributed by atoms with van der Waals surface area (Å²) < 4.78 is 0. The minimum absolute atomic E-state index is 0.110. The maximum Gasteiger partial charge on any atom is 0.260 e. The molecular formula is C20H17ClN2O3. The Bertz CT molecular complexity index is 915. The van der Waals surface area contributed by atoms with Crippen LogP contribution in [0.1, 0.15) is 39.1 Å². The van der Waals surface area contributed by atoms with Crippen LogP contribution in [0, 0.1) is 0 Å². The van der Waals surface area contributed by atoms with Gasteiger partial charge in [-0.2, -0.15) is 0 Å². The number of hydrogen-bond donors (Lipinski definition) is 0. The lowest BCUT2D eigenvalue weighted by molar-refractivity contribution is -0.120. The molecule has 2 aromatic carbocycles. The molecule has 0 radical (unpaired) electrons. The number of carbonyl (C=O) groups is 3. The van der Waals surface area contributed by atoms with Crippen LogP contribution in [0.15, 0.2) is 42.5 Å². The van der Waals surface area contributed by atoms with Crippen LogP contribution >= 0.6 is 11.6 Å². The quantitative estimate of drug-likeness (QED) is 0.817. The van der Waals surface area contributed by atoms with E-state index in [1.54, 1.807) is 34.1 Å². The molecule has 2 aliphatic heterocycles. The molecule has 2 aliphatic rings. The van der Waals surface area contributed by atoms with Crippen LogP contribution in [0.4, 0.5) is 5.69 Å². The van der Waals surface area contributed by atoms with Crippen molar-refractivity contribution in [2.45, 2.75) is 19.4 Å². The summed E-state index contributed by atoms with van der Waals surface area (Å²) in [5, 5.41) is 0.445. The first-order valence-corrected chi connectivity index (χ1v) is 8.92. The van der Waals surface area contributed by atoms with Crippen molar-refractivity contribution < 1.29 is 14.4 Å². The van der Waals surface area contributed by atoms with Gasteiger partial charge in [0.1, 0.15) is 5.78 Å². The molecule has 0 saturated carbocycles. The van der Waals surface area contributed by atoms with Crippen LogP contribution in [0.2, 0.25) is 5.02 Å². The number of hydrogen-bond acceptors (Lipinski definition) is 3. The van der Waals surface area contributed by atoms with Gasteiger partial charge in [0.05, 0.1) is 17.1 Å². The van der Waals surface area contributed by atoms with E-state index in [1.165, 1.54) is 0 Å². The van der Waals surface area contributed by atoms with E-state index in [2.05, 4.69) is 0 Å². The molecule has 0 unspecified atom stereocenters. The molecule has 0 bridgehead atoms. The number of likely N-dealkylation sites (tertiary alicyclic amines) is 1. The fourth-order valence-electron chi connectivity index (χ4n) is 3.47. The Hall–Kier alpha value is -2.66. The van der Waals surface area contributed by atoms with E-state index >= 15 is 0 Å². The van der Waals surface area contributed by atoms with Gasteiger partial charge in [-0.05, 0) is 29.8 Å². The lowest BCUT2D eigenvalue weighted by Gasteiger charge is -2.26. The zero-order chi connectivity index (χ0) is 18.3. The number of carbonyl (C=O) groups excluding carboxylic acids is 3. The maximum absolute atomic E-state index is 12.7. The smallest absolute Gasteiger partial charge is 0.260 e. The Morgan fingerprint density at radius 2 is 1.73 bits per heavy atom. The second-order valence-electron chi connectivity index (χ2n) is 6.55. The molecule has 1 fully saturated rings. The van der Waals surface area contributed by atoms with E-state index in [1.807, 2.05) is 18.2 Å². The van der Waals surface area contributed by atoms with E-state index in [9.17, 15) is 14.4 Å². The Morgan fingerprint density at radius 3 is 2.46 bits per heavy atom. The molecule has 0 aromatic heterocycles. The second kappa shape index (κ2) is 6.57. The number of Topliss-reactive ketones (excluding diaryl/α,β-unsaturated/α-hetero) is 1. The number of fused-ring (bicyclic) bond motifs is 1. The van der Waals surface area contributed by atoms with Crippen molar-refractivity contribution in [1.29, 1.82) is 0 Å². The topological polar surface area (TPSA) is 57.7 Å². The van der Waals surface area contributed by atoms with Gasteiger partial charge in [-0.25, -0.2) is 0 Å². The van der Waals surface area contributed by atoms with Gasteiger partial charge in [0, 0.05) is 37.2 Å². The van der Waals surface area contributed by atoms with Gasteiger partial charge in [0.15, 0.2) is 0 Å². The van der Waals surface area contributed by atoms with Gasteiger partial charge in [0.2, 0.25) is 0 Å². The summed E-state index contributed by atoms with van der Waals surface area (Å²) in [6.45, 7) is 1.34. The van der Waals surface area contributed by atoms with Crippen LogP contribution in [0.3, 0.4) is 0 Å². The average molecular weight is 369 g/mol. The standard InChI is InChI=1S/C20H17ClN2O3/c21-17-6-2-4-14-12-23(20(26)18(14)17)15-5-1-3-13(11-15)19(25)22-9-7-16(24)8-10-22/h1-6,11H,7-10,12H2. The zero-order valence-electron chi connectivity index (χ0n) is 14.1. The van der Waals surface area contributed by atoms with Gasteiger partial charge >= 0.3 is 0 Å². The number of rotatable bonds is 2. The van der Waals surface area contributed by atoms with Crippen LogP contribution in [0.5, 0.6) is 0 Å². The monoisotopic (exact) mass is 368 g/mol. The summed E-state index contributed by atoms with van der Waals surface area (Å²) in [7, 11) is 0. The molecule has 2 heterocycles. The molecule has 0 aliphatic carbocycles. The molecule has 132 valence electrons. The summed E-state index contributed by atoms with van der Waals surface area (Å²) in [6, 6.07) is 12.5. The highest BCUT2D eigenvalue weighted by molar-refractivity contribution is 6.35. The van der Waals surface area contributed by atoms with E-state index in [-0.39, 0.29) is 17.6 Å². The van der Waals surface area contributed by atoms with Crippen molar-refractivity contribution in [2.24, 2.45) is 0 Å². The minimum atomic E-state index is -0.154. The molecule has 2 aromatic rings. The van der Waals surface area contributed by atoms with Gasteiger partial charge in [0.25, 0.3) is 11.8 Å². The normalized spacial score (nSPS) is 16.8. The average Bonchev–Trinajstić information content (AvgIpc) is 3.00. The Balaban J connectivity index is 1.59. The van der Waals surface area contributed by atoms with Gasteiger partial charge in [-0.15, -0.1) is 0 Å². The summed E-state index contributed by atoms with van der Waals surface area (Å²) in [5.41, 5.74) is 2.60. The number of halogens is 1. The number of ketones is 1. The molecule has 2 amide bonds. The first kappa shape index (κ1) is 16.8. The highest BCUT2D eigenvalue weighted by atomic mass is 35.5. The van der Waals surface area contributed by atoms with Gasteiger partial charge < -0.3 is 9.80 Å². The number of nitrogens with zero attached hydrogens (tertiary/aromatic N) is 2. The third-order valence-corrected chi connectivity index (χ3v) is 5.22. The maximum atomic E-state index is 12.7. The third kappa shape index (κ3) is 2.88. The molecular weight excluding hydrogens is 352 g/mol. The number of anilines is 1. The molecule has 0 spiro atoms. The summed E-state index contributed by atoms with van der Waals surface area (Å²) in [5.74, 6) is -0.0691. The van der Waals surface area contributed by atoms with E-state index < -0.39 is 0 Å². The zero-order valence-corrected chi connectivity index (χ0v) is 14.8. The number of benzene rings is 2. The minimum Gasteiger partial charge on any atom is -0.338 e. The molecule has 0 atom stereocenters. The molecule has 0 N–H and O–H groups in total. The molecule has 1 saturated heterocycles. The Kier molecular flexibility index (Phi) is 4.24. The summed E-state index contributed by atoms with van der Waals surface area (Å²) in [6.07, 6.45) is 0.813. The van der Waals surface area contributed by atoms with Crippen molar-refractivity contribution in [1.82, 2.24) is 4.90 Å². The van der Waals surface area contributed by atoms with Crippen LogP contribution in [-0.4, -0.2) is 35.6 Å². The molecule has 6 heteroatoms. The lowest BCUT2D eigenvalue weighted by Crippen LogP contribution is -2.38. The fraction of sp³-hybridized carbons (Fsp3) is 0.250. The van der Waals surface area contributed by atoms with Crippen molar-refractivity contribution in [3.63, 3.8) is 0 Å². The predicted molar refractivity (Wildman–Crippen MR) is 98.6 cm³/mol. The second-order valence-corrected chi connectivity index (χ2v) is 6.95. The van der Waals surface area contributed by atoms with Crippen LogP contribution in [-0.2, 0) is 11.3 Å². The van der Waals surface area contributed by atoms with Crippen LogP contribution in [0.25, 0.3) is 0 Å². The Labute approximate surface area is 156 Å². The largest absolute Gasteiger partial charge is 0.338 e. The lowest BCUT2D eigenvalue weighted by atomic mass is 10.1. The van der Waals surface area contributed by atoms with Crippen molar-refractivity contribution in [3.05, 3.63) is 64.2 Å². The highest BCUT2D eigenvalue weighted by Crippen LogP contribution is 2.33. The SMILES string of the molecule is O=C1CCN(C(=O)c2cccc(N3Cc4cccc(Cl)c4C3=O)c2)CC1. The third-order valence-electron chi connectivity index (χ3n) is 4.90. The van der Waals surface area contributed by atoms with Crippen molar-refractivity contribution in [3.8, 4) is 0 Å². The van der Waals surface area contributed by atoms with Crippen molar-refractivity contribution in [2.75, 3.05) is 18.0 Å². The van der Waals surface area contributed by atoms with E-state index in [0.29, 0.717) is 54.3 Å². The van der Waals surface area contributed by atoms with Crippen LogP contribution < -0.4 is 4.90 Å². The first-order valence-electron chi connectivity index (χ1n) is 8.55. The van der Waals surface area contributed by atoms with Crippen molar-refractivity contribution >= 4 is 34.9 Å². The Morgan fingerprint density at radius 1 is 1.00 bits per heavy atom. The highest BCUT2D eigenvalue weighted by Gasteiger charge is 2.31. The molecule has 5 nitrogen and oxygen atoms in total. The van der Waals surface area contributed by atoms with Gasteiger partial charge in [-0.1, -0.05) is 29.8 Å². The van der Waals surface area contributed by atoms with E-state index in [0.717, 1.165) is 5.56 Å². The summed E-state index contributed by atoms with van der Waals surface area (Å²) >= 11 is 6.18. The predicted octanol–water partition coefficient (Wildman–Crippen LogP) is 3.31. The fourth-order valence-corrected chi connectivity index (χ4v) is 3.75. The number of piperidine rings is 1. The summed E-state index contributed by atoms with van der Waals surface area (Å²) in [4.78, 5) is 40.2. The number of amides is 2. The first-order chi connectivity index (χ1) is 12.5. The molecule has 26 heavy (non-hydrogen) atoms. The molecule has 4 rings (SSSR count). The van der Waals surface area contributed by atoms with E-state index in [4.69, 9.17) is 11.6 Å².